The molecule has 0 N–H and O–H groups in total. The molecule has 0 radical (unpaired) electrons. The molecule has 0 bridgehead atoms. The van der Waals surface area contributed by atoms with Gasteiger partial charge in [-0.25, -0.2) is 19.9 Å². The van der Waals surface area contributed by atoms with Crippen LogP contribution in [-0.4, -0.2) is 24.3 Å². The smallest absolute Gasteiger partial charge is 0.164 e. The standard InChI is InChI=1S/C52H35N5/c1-4-14-36(15-5-1)38-25-29-40(30-26-38)48-49(57-33-11-10-24-47(57)53-48)45-22-12-20-43(34-45)44-21-13-23-46(35-44)52-55-50(41-18-8-3-9-19-41)54-51(56-52)42-31-27-39(28-32-42)37-16-6-2-7-17-37/h1-35H. The molecule has 0 saturated carbocycles. The van der Waals surface area contributed by atoms with Crippen LogP contribution < -0.4 is 0 Å². The van der Waals surface area contributed by atoms with Gasteiger partial charge in [0.05, 0.1) is 11.4 Å². The molecule has 0 fully saturated rings. The summed E-state index contributed by atoms with van der Waals surface area (Å²) in [6.45, 7) is 0. The maximum atomic E-state index is 5.14. The minimum Gasteiger partial charge on any atom is -0.299 e. The van der Waals surface area contributed by atoms with Crippen molar-refractivity contribution in [3.63, 3.8) is 0 Å². The molecule has 268 valence electrons. The van der Waals surface area contributed by atoms with Gasteiger partial charge < -0.3 is 0 Å². The summed E-state index contributed by atoms with van der Waals surface area (Å²) in [7, 11) is 0. The minimum absolute atomic E-state index is 0.618. The first-order valence-electron chi connectivity index (χ1n) is 19.1. The quantitative estimate of drug-likeness (QED) is 0.156. The zero-order valence-electron chi connectivity index (χ0n) is 30.9. The van der Waals surface area contributed by atoms with E-state index in [9.17, 15) is 0 Å². The third-order valence-corrected chi connectivity index (χ3v) is 10.3. The lowest BCUT2D eigenvalue weighted by Gasteiger charge is -2.11. The van der Waals surface area contributed by atoms with E-state index in [1.807, 2.05) is 48.5 Å². The first kappa shape index (κ1) is 33.8. The summed E-state index contributed by atoms with van der Waals surface area (Å²) < 4.78 is 2.18. The number of fused-ring (bicyclic) bond motifs is 1. The highest BCUT2D eigenvalue weighted by atomic mass is 15.0. The highest BCUT2D eigenvalue weighted by Crippen LogP contribution is 2.37. The maximum absolute atomic E-state index is 5.14. The van der Waals surface area contributed by atoms with Crippen LogP contribution in [0.25, 0.3) is 95.7 Å². The number of aromatic nitrogens is 5. The Balaban J connectivity index is 1.03. The molecule has 10 aromatic rings. The van der Waals surface area contributed by atoms with Crippen LogP contribution in [0.1, 0.15) is 0 Å². The van der Waals surface area contributed by atoms with Crippen molar-refractivity contribution in [1.82, 2.24) is 24.3 Å². The van der Waals surface area contributed by atoms with Gasteiger partial charge in [0.2, 0.25) is 0 Å². The molecule has 5 heteroatoms. The van der Waals surface area contributed by atoms with Crippen LogP contribution >= 0.6 is 0 Å². The van der Waals surface area contributed by atoms with Crippen LogP contribution in [0.4, 0.5) is 0 Å². The van der Waals surface area contributed by atoms with Gasteiger partial charge in [-0.3, -0.25) is 4.40 Å². The molecule has 7 aromatic carbocycles. The highest BCUT2D eigenvalue weighted by molar-refractivity contribution is 5.85. The zero-order valence-corrected chi connectivity index (χ0v) is 30.9. The van der Waals surface area contributed by atoms with Crippen molar-refractivity contribution in [1.29, 1.82) is 0 Å². The second kappa shape index (κ2) is 14.8. The van der Waals surface area contributed by atoms with Crippen LogP contribution in [0.2, 0.25) is 0 Å². The maximum Gasteiger partial charge on any atom is 0.164 e. The number of hydrogen-bond acceptors (Lipinski definition) is 4. The van der Waals surface area contributed by atoms with Crippen molar-refractivity contribution >= 4 is 5.65 Å². The molecule has 3 aromatic heterocycles. The van der Waals surface area contributed by atoms with Crippen LogP contribution in [0.5, 0.6) is 0 Å². The van der Waals surface area contributed by atoms with Gasteiger partial charge in [-0.15, -0.1) is 0 Å². The summed E-state index contributed by atoms with van der Waals surface area (Å²) in [5.41, 5.74) is 14.6. The minimum atomic E-state index is 0.618. The first-order chi connectivity index (χ1) is 28.2. The van der Waals surface area contributed by atoms with Gasteiger partial charge in [0.1, 0.15) is 5.65 Å². The van der Waals surface area contributed by atoms with Gasteiger partial charge in [0.25, 0.3) is 0 Å². The fraction of sp³-hybridized carbons (Fsp3) is 0. The third-order valence-electron chi connectivity index (χ3n) is 10.3. The largest absolute Gasteiger partial charge is 0.299 e. The predicted octanol–water partition coefficient (Wildman–Crippen LogP) is 12.9. The summed E-state index contributed by atoms with van der Waals surface area (Å²) in [6, 6.07) is 71.4. The Hall–Kier alpha value is -7.76. The molecule has 0 saturated heterocycles. The van der Waals surface area contributed by atoms with E-state index >= 15 is 0 Å². The second-order valence-corrected chi connectivity index (χ2v) is 14.0. The lowest BCUT2D eigenvalue weighted by atomic mass is 9.97. The van der Waals surface area contributed by atoms with Crippen molar-refractivity contribution in [2.24, 2.45) is 0 Å². The van der Waals surface area contributed by atoms with Gasteiger partial charge in [-0.05, 0) is 57.6 Å². The van der Waals surface area contributed by atoms with Gasteiger partial charge in [0, 0.05) is 34.0 Å². The van der Waals surface area contributed by atoms with Crippen molar-refractivity contribution in [2.45, 2.75) is 0 Å². The van der Waals surface area contributed by atoms with Crippen molar-refractivity contribution < 1.29 is 0 Å². The average molecular weight is 730 g/mol. The SMILES string of the molecule is c1ccc(-c2ccc(-c3nc(-c4ccccc4)nc(-c4cccc(-c5cccc(-c6c(-c7ccc(-c8ccccc8)cc7)nc7ccccn67)c5)c4)n3)cc2)cc1. The lowest BCUT2D eigenvalue weighted by molar-refractivity contribution is 1.07. The monoisotopic (exact) mass is 729 g/mol. The molecule has 0 amide bonds. The molecular weight excluding hydrogens is 695 g/mol. The zero-order chi connectivity index (χ0) is 38.0. The van der Waals surface area contributed by atoms with E-state index < -0.39 is 0 Å². The summed E-state index contributed by atoms with van der Waals surface area (Å²) in [5.74, 6) is 1.88. The highest BCUT2D eigenvalue weighted by Gasteiger charge is 2.18. The Bertz CT molecular complexity index is 2970. The Labute approximate surface area is 331 Å². The normalized spacial score (nSPS) is 11.2. The summed E-state index contributed by atoms with van der Waals surface area (Å²) >= 11 is 0. The fourth-order valence-corrected chi connectivity index (χ4v) is 7.40. The molecule has 0 aliphatic rings. The van der Waals surface area contributed by atoms with Crippen molar-refractivity contribution in [3.8, 4) is 90.1 Å². The third kappa shape index (κ3) is 6.79. The van der Waals surface area contributed by atoms with Crippen LogP contribution in [-0.2, 0) is 0 Å². The summed E-state index contributed by atoms with van der Waals surface area (Å²) in [6.07, 6.45) is 2.09. The number of imidazole rings is 1. The summed E-state index contributed by atoms with van der Waals surface area (Å²) in [5, 5.41) is 0. The molecule has 0 aliphatic heterocycles. The molecule has 0 spiro atoms. The molecule has 5 nitrogen and oxygen atoms in total. The van der Waals surface area contributed by atoms with E-state index in [-0.39, 0.29) is 0 Å². The van der Waals surface area contributed by atoms with Crippen LogP contribution in [0, 0.1) is 0 Å². The summed E-state index contributed by atoms with van der Waals surface area (Å²) in [4.78, 5) is 20.2. The predicted molar refractivity (Wildman–Crippen MR) is 232 cm³/mol. The topological polar surface area (TPSA) is 56.0 Å². The molecule has 3 heterocycles. The Morgan fingerprint density at radius 3 is 1.23 bits per heavy atom. The van der Waals surface area contributed by atoms with Crippen molar-refractivity contribution in [2.75, 3.05) is 0 Å². The number of pyridine rings is 1. The van der Waals surface area contributed by atoms with E-state index in [0.717, 1.165) is 61.5 Å². The Morgan fingerprint density at radius 1 is 0.263 bits per heavy atom. The van der Waals surface area contributed by atoms with Gasteiger partial charge in [-0.1, -0.05) is 182 Å². The van der Waals surface area contributed by atoms with Crippen LogP contribution in [0.3, 0.4) is 0 Å². The number of rotatable bonds is 8. The van der Waals surface area contributed by atoms with E-state index in [0.29, 0.717) is 17.5 Å². The molecule has 57 heavy (non-hydrogen) atoms. The molecule has 10 rings (SSSR count). The van der Waals surface area contributed by atoms with E-state index in [2.05, 4.69) is 168 Å². The first-order valence-corrected chi connectivity index (χ1v) is 19.1. The second-order valence-electron chi connectivity index (χ2n) is 14.0. The van der Waals surface area contributed by atoms with E-state index in [4.69, 9.17) is 19.9 Å². The Morgan fingerprint density at radius 2 is 0.649 bits per heavy atom. The molecule has 0 unspecified atom stereocenters. The number of nitrogens with zero attached hydrogens (tertiary/aromatic N) is 5. The molecule has 0 atom stereocenters. The lowest BCUT2D eigenvalue weighted by Crippen LogP contribution is -2.00. The molecule has 0 aliphatic carbocycles. The Kier molecular flexibility index (Phi) is 8.78. The average Bonchev–Trinajstić information content (AvgIpc) is 3.70. The van der Waals surface area contributed by atoms with Crippen LogP contribution in [0.15, 0.2) is 212 Å². The van der Waals surface area contributed by atoms with Gasteiger partial charge >= 0.3 is 0 Å². The fourth-order valence-electron chi connectivity index (χ4n) is 7.40. The van der Waals surface area contributed by atoms with Crippen molar-refractivity contribution in [3.05, 3.63) is 212 Å². The van der Waals surface area contributed by atoms with E-state index in [1.54, 1.807) is 0 Å². The van der Waals surface area contributed by atoms with E-state index in [1.165, 1.54) is 16.7 Å². The number of hydrogen-bond donors (Lipinski definition) is 0. The van der Waals surface area contributed by atoms with Gasteiger partial charge in [0.15, 0.2) is 17.5 Å². The van der Waals surface area contributed by atoms with Gasteiger partial charge in [-0.2, -0.15) is 0 Å². The number of benzene rings is 7. The molecular formula is C52H35N5.